The van der Waals surface area contributed by atoms with Crippen LogP contribution in [0.25, 0.3) is 17.0 Å². The average molecular weight is 358 g/mol. The van der Waals surface area contributed by atoms with Gasteiger partial charge in [-0.3, -0.25) is 0 Å². The van der Waals surface area contributed by atoms with Crippen molar-refractivity contribution >= 4 is 5.76 Å². The maximum absolute atomic E-state index is 5.77. The second-order valence-electron chi connectivity index (χ2n) is 7.09. The molecule has 2 aliphatic heterocycles. The highest BCUT2D eigenvalue weighted by molar-refractivity contribution is 5.67. The molecule has 4 nitrogen and oxygen atoms in total. The second-order valence-corrected chi connectivity index (χ2v) is 7.09. The molecule has 0 saturated carbocycles. The number of hydrogen-bond acceptors (Lipinski definition) is 3. The first kappa shape index (κ1) is 16.2. The first-order chi connectivity index (χ1) is 13.4. The Labute approximate surface area is 159 Å². The van der Waals surface area contributed by atoms with Crippen LogP contribution in [0, 0.1) is 0 Å². The molecule has 0 aliphatic carbocycles. The maximum atomic E-state index is 5.77. The van der Waals surface area contributed by atoms with Crippen molar-refractivity contribution in [1.29, 1.82) is 0 Å². The van der Waals surface area contributed by atoms with Crippen LogP contribution in [-0.4, -0.2) is 16.3 Å². The lowest BCUT2D eigenvalue weighted by Gasteiger charge is -2.11. The molecular weight excluding hydrogens is 336 g/mol. The van der Waals surface area contributed by atoms with Gasteiger partial charge in [0.1, 0.15) is 11.6 Å². The fraction of sp³-hybridized carbons (Fsp3) is 0.261. The molecule has 0 amide bonds. The van der Waals surface area contributed by atoms with E-state index in [0.29, 0.717) is 0 Å². The van der Waals surface area contributed by atoms with Gasteiger partial charge in [0, 0.05) is 36.7 Å². The van der Waals surface area contributed by atoms with Gasteiger partial charge in [0.15, 0.2) is 5.76 Å². The number of ether oxygens (including phenoxy) is 2. The van der Waals surface area contributed by atoms with Gasteiger partial charge in [-0.15, -0.1) is 0 Å². The third-order valence-corrected chi connectivity index (χ3v) is 5.25. The predicted octanol–water partition coefficient (Wildman–Crippen LogP) is 4.80. The zero-order chi connectivity index (χ0) is 18.1. The Kier molecular flexibility index (Phi) is 4.17. The fourth-order valence-corrected chi connectivity index (χ4v) is 3.81. The van der Waals surface area contributed by atoms with E-state index < -0.39 is 0 Å². The molecule has 0 fully saturated rings. The van der Waals surface area contributed by atoms with Crippen molar-refractivity contribution in [2.75, 3.05) is 6.79 Å². The van der Waals surface area contributed by atoms with Crippen LogP contribution >= 0.6 is 0 Å². The van der Waals surface area contributed by atoms with Crippen LogP contribution in [0.2, 0.25) is 0 Å². The minimum atomic E-state index is 0.285. The minimum Gasteiger partial charge on any atom is -0.458 e. The quantitative estimate of drug-likeness (QED) is 0.672. The van der Waals surface area contributed by atoms with E-state index in [1.165, 1.54) is 24.2 Å². The van der Waals surface area contributed by atoms with Crippen LogP contribution < -0.4 is 0 Å². The van der Waals surface area contributed by atoms with Crippen molar-refractivity contribution in [1.82, 2.24) is 9.55 Å². The minimum absolute atomic E-state index is 0.285. The summed E-state index contributed by atoms with van der Waals surface area (Å²) in [6.07, 6.45) is 6.49. The summed E-state index contributed by atoms with van der Waals surface area (Å²) in [5, 5.41) is 0. The molecule has 2 aliphatic rings. The molecule has 5 rings (SSSR count). The topological polar surface area (TPSA) is 36.3 Å². The number of aromatic nitrogens is 2. The van der Waals surface area contributed by atoms with Crippen LogP contribution in [0.15, 0.2) is 66.6 Å². The Morgan fingerprint density at radius 2 is 1.70 bits per heavy atom. The molecule has 4 heteroatoms. The number of aryl methyl sites for hydroxylation is 2. The highest BCUT2D eigenvalue weighted by atomic mass is 16.7. The third-order valence-electron chi connectivity index (χ3n) is 5.25. The van der Waals surface area contributed by atoms with Gasteiger partial charge in [-0.25, -0.2) is 4.98 Å². The molecule has 1 aromatic heterocycles. The maximum Gasteiger partial charge on any atom is 0.230 e. The van der Waals surface area contributed by atoms with E-state index in [4.69, 9.17) is 14.5 Å². The van der Waals surface area contributed by atoms with Crippen LogP contribution in [0.3, 0.4) is 0 Å². The molecule has 136 valence electrons. The van der Waals surface area contributed by atoms with Crippen LogP contribution in [-0.2, 0) is 28.9 Å². The lowest BCUT2D eigenvalue weighted by Crippen LogP contribution is -2.08. The Hall–Kier alpha value is -3.01. The van der Waals surface area contributed by atoms with Crippen LogP contribution in [0.1, 0.15) is 29.8 Å². The number of nitrogens with zero attached hydrogens (tertiary/aromatic N) is 2. The predicted molar refractivity (Wildman–Crippen MR) is 105 cm³/mol. The normalized spacial score (nSPS) is 16.0. The second kappa shape index (κ2) is 6.95. The number of allylic oxidation sites excluding steroid dienone is 1. The van der Waals surface area contributed by atoms with Gasteiger partial charge < -0.3 is 14.0 Å². The van der Waals surface area contributed by atoms with Gasteiger partial charge in [-0.05, 0) is 18.4 Å². The van der Waals surface area contributed by atoms with Crippen molar-refractivity contribution in [3.63, 3.8) is 0 Å². The molecule has 0 N–H and O–H groups in total. The summed E-state index contributed by atoms with van der Waals surface area (Å²) in [5.41, 5.74) is 4.46. The molecular formula is C23H22N2O2. The van der Waals surface area contributed by atoms with Gasteiger partial charge in [0.25, 0.3) is 0 Å². The molecule has 27 heavy (non-hydrogen) atoms. The zero-order valence-corrected chi connectivity index (χ0v) is 15.2. The van der Waals surface area contributed by atoms with E-state index in [-0.39, 0.29) is 6.79 Å². The average Bonchev–Trinajstić information content (AvgIpc) is 3.36. The lowest BCUT2D eigenvalue weighted by atomic mass is 10.1. The number of rotatable bonds is 4. The Morgan fingerprint density at radius 3 is 2.52 bits per heavy atom. The smallest absolute Gasteiger partial charge is 0.230 e. The molecule has 0 bridgehead atoms. The lowest BCUT2D eigenvalue weighted by molar-refractivity contribution is 0.0857. The van der Waals surface area contributed by atoms with E-state index in [9.17, 15) is 0 Å². The monoisotopic (exact) mass is 358 g/mol. The summed E-state index contributed by atoms with van der Waals surface area (Å²) in [5.74, 6) is 2.95. The number of imidazole rings is 1. The molecule has 0 unspecified atom stereocenters. The molecule has 0 radical (unpaired) electrons. The van der Waals surface area contributed by atoms with Crippen LogP contribution in [0.5, 0.6) is 0 Å². The van der Waals surface area contributed by atoms with Crippen LogP contribution in [0.4, 0.5) is 0 Å². The SMILES string of the molecule is c1ccc(CC2=C(c3ccc(-c4cn5c(n4)CCCC5)cc3)OCO2)cc1. The summed E-state index contributed by atoms with van der Waals surface area (Å²) < 4.78 is 13.8. The summed E-state index contributed by atoms with van der Waals surface area (Å²) in [7, 11) is 0. The van der Waals surface area contributed by atoms with Gasteiger partial charge >= 0.3 is 0 Å². The first-order valence-corrected chi connectivity index (χ1v) is 9.56. The summed E-state index contributed by atoms with van der Waals surface area (Å²) in [6.45, 7) is 1.37. The fourth-order valence-electron chi connectivity index (χ4n) is 3.81. The van der Waals surface area contributed by atoms with E-state index in [1.54, 1.807) is 0 Å². The standard InChI is InChI=1S/C23H22N2O2/c1-2-6-17(7-3-1)14-21-23(27-16-26-21)19-11-9-18(10-12-19)20-15-25-13-5-4-8-22(25)24-20/h1-3,6-7,9-12,15H,4-5,8,13-14,16H2. The molecule has 2 aromatic carbocycles. The summed E-state index contributed by atoms with van der Waals surface area (Å²) in [4.78, 5) is 4.81. The third kappa shape index (κ3) is 3.23. The Bertz CT molecular complexity index is 948. The number of benzene rings is 2. The Balaban J connectivity index is 1.41. The van der Waals surface area contributed by atoms with Crippen molar-refractivity contribution in [3.05, 3.63) is 83.5 Å². The number of fused-ring (bicyclic) bond motifs is 1. The van der Waals surface area contributed by atoms with Crippen molar-refractivity contribution in [2.24, 2.45) is 0 Å². The van der Waals surface area contributed by atoms with E-state index in [2.05, 4.69) is 47.2 Å². The zero-order valence-electron chi connectivity index (χ0n) is 15.2. The molecule has 0 atom stereocenters. The highest BCUT2D eigenvalue weighted by Crippen LogP contribution is 2.30. The Morgan fingerprint density at radius 1 is 0.889 bits per heavy atom. The van der Waals surface area contributed by atoms with Gasteiger partial charge in [-0.2, -0.15) is 0 Å². The van der Waals surface area contributed by atoms with Crippen molar-refractivity contribution in [2.45, 2.75) is 32.2 Å². The largest absolute Gasteiger partial charge is 0.458 e. The van der Waals surface area contributed by atoms with Gasteiger partial charge in [0.05, 0.1) is 5.69 Å². The molecule has 3 heterocycles. The van der Waals surface area contributed by atoms with Crippen molar-refractivity contribution in [3.8, 4) is 11.3 Å². The van der Waals surface area contributed by atoms with E-state index in [0.717, 1.165) is 47.7 Å². The molecule has 0 spiro atoms. The van der Waals surface area contributed by atoms with Gasteiger partial charge in [0.2, 0.25) is 6.79 Å². The molecule has 0 saturated heterocycles. The highest BCUT2D eigenvalue weighted by Gasteiger charge is 2.20. The van der Waals surface area contributed by atoms with Gasteiger partial charge in [-0.1, -0.05) is 54.6 Å². The summed E-state index contributed by atoms with van der Waals surface area (Å²) >= 11 is 0. The van der Waals surface area contributed by atoms with E-state index >= 15 is 0 Å². The molecule has 3 aromatic rings. The number of hydrogen-bond donors (Lipinski definition) is 0. The van der Waals surface area contributed by atoms with E-state index in [1.807, 2.05) is 18.2 Å². The first-order valence-electron chi connectivity index (χ1n) is 9.56. The van der Waals surface area contributed by atoms with Crippen molar-refractivity contribution < 1.29 is 9.47 Å². The summed E-state index contributed by atoms with van der Waals surface area (Å²) in [6, 6.07) is 18.8.